The van der Waals surface area contributed by atoms with Gasteiger partial charge in [0.1, 0.15) is 6.61 Å². The first-order valence-corrected chi connectivity index (χ1v) is 5.69. The van der Waals surface area contributed by atoms with E-state index in [0.29, 0.717) is 13.2 Å². The van der Waals surface area contributed by atoms with Gasteiger partial charge < -0.3 is 19.3 Å². The maximum Gasteiger partial charge on any atom is 0.337 e. The SMILES string of the molecule is COCCOCC(O)C(=O)OCc1ccccc1. The third kappa shape index (κ3) is 5.77. The lowest BCUT2D eigenvalue weighted by Crippen LogP contribution is -2.28. The van der Waals surface area contributed by atoms with Crippen LogP contribution in [0.1, 0.15) is 5.56 Å². The van der Waals surface area contributed by atoms with Crippen molar-refractivity contribution in [1.82, 2.24) is 0 Å². The molecular weight excluding hydrogens is 236 g/mol. The predicted octanol–water partition coefficient (Wildman–Crippen LogP) is 0.754. The molecule has 1 aromatic carbocycles. The number of benzene rings is 1. The van der Waals surface area contributed by atoms with Crippen LogP contribution in [0.5, 0.6) is 0 Å². The Morgan fingerprint density at radius 3 is 2.67 bits per heavy atom. The maximum atomic E-state index is 11.4. The monoisotopic (exact) mass is 254 g/mol. The molecule has 0 saturated carbocycles. The van der Waals surface area contributed by atoms with Crippen LogP contribution in [0, 0.1) is 0 Å². The molecule has 0 saturated heterocycles. The highest BCUT2D eigenvalue weighted by molar-refractivity contribution is 5.74. The molecule has 100 valence electrons. The van der Waals surface area contributed by atoms with E-state index in [-0.39, 0.29) is 13.2 Å². The van der Waals surface area contributed by atoms with Crippen molar-refractivity contribution in [2.75, 3.05) is 26.9 Å². The number of rotatable bonds is 8. The topological polar surface area (TPSA) is 65.0 Å². The molecule has 1 rings (SSSR count). The van der Waals surface area contributed by atoms with Gasteiger partial charge in [0.25, 0.3) is 0 Å². The molecule has 1 atom stereocenters. The summed E-state index contributed by atoms with van der Waals surface area (Å²) in [5.74, 6) is -0.684. The molecule has 5 heteroatoms. The summed E-state index contributed by atoms with van der Waals surface area (Å²) < 4.78 is 14.7. The summed E-state index contributed by atoms with van der Waals surface area (Å²) in [4.78, 5) is 11.4. The number of aliphatic hydroxyl groups is 1. The summed E-state index contributed by atoms with van der Waals surface area (Å²) in [5, 5.41) is 9.45. The normalized spacial score (nSPS) is 12.1. The van der Waals surface area contributed by atoms with Crippen molar-refractivity contribution < 1.29 is 24.1 Å². The molecule has 0 amide bonds. The van der Waals surface area contributed by atoms with E-state index in [4.69, 9.17) is 14.2 Å². The van der Waals surface area contributed by atoms with E-state index >= 15 is 0 Å². The van der Waals surface area contributed by atoms with E-state index in [9.17, 15) is 9.90 Å². The van der Waals surface area contributed by atoms with Gasteiger partial charge in [-0.1, -0.05) is 30.3 Å². The van der Waals surface area contributed by atoms with Crippen LogP contribution in [-0.2, 0) is 25.6 Å². The standard InChI is InChI=1S/C13H18O5/c1-16-7-8-17-10-12(14)13(15)18-9-11-5-3-2-4-6-11/h2-6,12,14H,7-10H2,1H3. The summed E-state index contributed by atoms with van der Waals surface area (Å²) in [6.45, 7) is 0.817. The molecule has 1 aromatic rings. The van der Waals surface area contributed by atoms with E-state index in [0.717, 1.165) is 5.56 Å². The van der Waals surface area contributed by atoms with Gasteiger partial charge in [-0.25, -0.2) is 4.79 Å². The molecule has 0 fully saturated rings. The van der Waals surface area contributed by atoms with Crippen LogP contribution in [-0.4, -0.2) is 44.1 Å². The molecule has 1 unspecified atom stereocenters. The summed E-state index contributed by atoms with van der Waals surface area (Å²) in [7, 11) is 1.55. The molecular formula is C13H18O5. The first-order valence-electron chi connectivity index (χ1n) is 5.69. The second-order valence-electron chi connectivity index (χ2n) is 3.68. The van der Waals surface area contributed by atoms with Gasteiger partial charge in [-0.3, -0.25) is 0 Å². The number of carbonyl (C=O) groups excluding carboxylic acids is 1. The molecule has 0 aliphatic heterocycles. The zero-order chi connectivity index (χ0) is 13.2. The molecule has 0 aliphatic carbocycles. The average Bonchev–Trinajstić information content (AvgIpc) is 2.42. The van der Waals surface area contributed by atoms with Gasteiger partial charge in [-0.2, -0.15) is 0 Å². The third-order valence-electron chi connectivity index (χ3n) is 2.20. The Morgan fingerprint density at radius 2 is 2.00 bits per heavy atom. The van der Waals surface area contributed by atoms with E-state index in [1.807, 2.05) is 30.3 Å². The molecule has 18 heavy (non-hydrogen) atoms. The Labute approximate surface area is 106 Å². The van der Waals surface area contributed by atoms with Gasteiger partial charge >= 0.3 is 5.97 Å². The van der Waals surface area contributed by atoms with E-state index in [1.165, 1.54) is 0 Å². The largest absolute Gasteiger partial charge is 0.459 e. The van der Waals surface area contributed by atoms with Crippen LogP contribution in [0.25, 0.3) is 0 Å². The lowest BCUT2D eigenvalue weighted by molar-refractivity contribution is -0.158. The summed E-state index contributed by atoms with van der Waals surface area (Å²) >= 11 is 0. The van der Waals surface area contributed by atoms with E-state index in [2.05, 4.69) is 0 Å². The highest BCUT2D eigenvalue weighted by Gasteiger charge is 2.16. The Morgan fingerprint density at radius 1 is 1.28 bits per heavy atom. The lowest BCUT2D eigenvalue weighted by atomic mass is 10.2. The maximum absolute atomic E-state index is 11.4. The number of hydrogen-bond donors (Lipinski definition) is 1. The van der Waals surface area contributed by atoms with Gasteiger partial charge in [0.15, 0.2) is 6.10 Å². The molecule has 5 nitrogen and oxygen atoms in total. The second-order valence-corrected chi connectivity index (χ2v) is 3.68. The molecule has 0 heterocycles. The van der Waals surface area contributed by atoms with Crippen molar-refractivity contribution in [3.8, 4) is 0 Å². The van der Waals surface area contributed by atoms with Crippen LogP contribution in [0.3, 0.4) is 0 Å². The Kier molecular flexibility index (Phi) is 7.01. The van der Waals surface area contributed by atoms with Gasteiger partial charge in [-0.15, -0.1) is 0 Å². The van der Waals surface area contributed by atoms with Crippen molar-refractivity contribution in [2.24, 2.45) is 0 Å². The Hall–Kier alpha value is -1.43. The zero-order valence-electron chi connectivity index (χ0n) is 10.4. The molecule has 0 bridgehead atoms. The Balaban J connectivity index is 2.19. The van der Waals surface area contributed by atoms with Crippen molar-refractivity contribution in [3.63, 3.8) is 0 Å². The fraction of sp³-hybridized carbons (Fsp3) is 0.462. The first kappa shape index (κ1) is 14.6. The first-order chi connectivity index (χ1) is 8.74. The van der Waals surface area contributed by atoms with E-state index in [1.54, 1.807) is 7.11 Å². The smallest absolute Gasteiger partial charge is 0.337 e. The fourth-order valence-corrected chi connectivity index (χ4v) is 1.23. The fourth-order valence-electron chi connectivity index (χ4n) is 1.23. The highest BCUT2D eigenvalue weighted by atomic mass is 16.6. The van der Waals surface area contributed by atoms with Gasteiger partial charge in [-0.05, 0) is 5.56 Å². The zero-order valence-corrected chi connectivity index (χ0v) is 10.4. The molecule has 0 aliphatic rings. The Bertz CT molecular complexity index is 338. The minimum Gasteiger partial charge on any atom is -0.459 e. The van der Waals surface area contributed by atoms with Gasteiger partial charge in [0, 0.05) is 7.11 Å². The van der Waals surface area contributed by atoms with E-state index < -0.39 is 12.1 Å². The van der Waals surface area contributed by atoms with Crippen LogP contribution >= 0.6 is 0 Å². The number of methoxy groups -OCH3 is 1. The summed E-state index contributed by atoms with van der Waals surface area (Å²) in [5.41, 5.74) is 0.873. The molecule has 0 spiro atoms. The number of aliphatic hydroxyl groups excluding tert-OH is 1. The minimum absolute atomic E-state index is 0.0863. The van der Waals surface area contributed by atoms with Crippen molar-refractivity contribution in [2.45, 2.75) is 12.7 Å². The predicted molar refractivity (Wildman–Crippen MR) is 64.9 cm³/mol. The van der Waals surface area contributed by atoms with Gasteiger partial charge in [0.2, 0.25) is 0 Å². The molecule has 0 radical (unpaired) electrons. The third-order valence-corrected chi connectivity index (χ3v) is 2.20. The number of ether oxygens (including phenoxy) is 3. The molecule has 1 N–H and O–H groups in total. The van der Waals surface area contributed by atoms with Gasteiger partial charge in [0.05, 0.1) is 19.8 Å². The number of hydrogen-bond acceptors (Lipinski definition) is 5. The quantitative estimate of drug-likeness (QED) is 0.548. The van der Waals surface area contributed by atoms with Crippen LogP contribution < -0.4 is 0 Å². The number of carbonyl (C=O) groups is 1. The molecule has 0 aromatic heterocycles. The van der Waals surface area contributed by atoms with Crippen molar-refractivity contribution in [1.29, 1.82) is 0 Å². The summed E-state index contributed by atoms with van der Waals surface area (Å²) in [6, 6.07) is 9.27. The van der Waals surface area contributed by atoms with Crippen molar-refractivity contribution >= 4 is 5.97 Å². The average molecular weight is 254 g/mol. The van der Waals surface area contributed by atoms with Crippen molar-refractivity contribution in [3.05, 3.63) is 35.9 Å². The van der Waals surface area contributed by atoms with Crippen LogP contribution in [0.4, 0.5) is 0 Å². The highest BCUT2D eigenvalue weighted by Crippen LogP contribution is 2.02. The summed E-state index contributed by atoms with van der Waals surface area (Å²) in [6.07, 6.45) is -1.26. The van der Waals surface area contributed by atoms with Crippen LogP contribution in [0.2, 0.25) is 0 Å². The lowest BCUT2D eigenvalue weighted by Gasteiger charge is -2.11. The van der Waals surface area contributed by atoms with Crippen LogP contribution in [0.15, 0.2) is 30.3 Å². The number of esters is 1. The second kappa shape index (κ2) is 8.63. The minimum atomic E-state index is -1.26.